The summed E-state index contributed by atoms with van der Waals surface area (Å²) in [4.78, 5) is 11.9. The molecule has 0 aliphatic rings. The van der Waals surface area contributed by atoms with E-state index in [2.05, 4.69) is 15.0 Å². The largest absolute Gasteiger partial charge is 0.445 e. The van der Waals surface area contributed by atoms with Crippen molar-refractivity contribution in [2.45, 2.75) is 6.18 Å². The van der Waals surface area contributed by atoms with E-state index in [4.69, 9.17) is 4.42 Å². The number of oxazole rings is 1. The Labute approximate surface area is 144 Å². The first-order valence-corrected chi connectivity index (χ1v) is 7.46. The predicted octanol–water partition coefficient (Wildman–Crippen LogP) is 5.11. The van der Waals surface area contributed by atoms with E-state index >= 15 is 0 Å². The molecule has 0 aliphatic heterocycles. The van der Waals surface area contributed by atoms with Crippen LogP contribution in [-0.2, 0) is 6.18 Å². The van der Waals surface area contributed by atoms with E-state index in [-0.39, 0.29) is 22.3 Å². The maximum absolute atomic E-state index is 13.4. The van der Waals surface area contributed by atoms with Crippen molar-refractivity contribution in [3.05, 3.63) is 66.4 Å². The SMILES string of the molecule is Fc1ccc(-c2nc3cc(-c4ncco4)ccc3nc2C(F)(F)F)cc1. The topological polar surface area (TPSA) is 51.8 Å². The number of benzene rings is 2. The quantitative estimate of drug-likeness (QED) is 0.467. The Morgan fingerprint density at radius 2 is 1.58 bits per heavy atom. The van der Waals surface area contributed by atoms with Crippen LogP contribution in [0.3, 0.4) is 0 Å². The van der Waals surface area contributed by atoms with Gasteiger partial charge in [0.2, 0.25) is 5.89 Å². The van der Waals surface area contributed by atoms with E-state index in [9.17, 15) is 17.6 Å². The molecule has 0 radical (unpaired) electrons. The zero-order valence-corrected chi connectivity index (χ0v) is 13.0. The molecule has 2 aromatic heterocycles. The minimum Gasteiger partial charge on any atom is -0.445 e. The van der Waals surface area contributed by atoms with Crippen LogP contribution in [0, 0.1) is 5.82 Å². The van der Waals surface area contributed by atoms with Gasteiger partial charge >= 0.3 is 6.18 Å². The van der Waals surface area contributed by atoms with Crippen molar-refractivity contribution in [2.75, 3.05) is 0 Å². The van der Waals surface area contributed by atoms with Gasteiger partial charge in [0.15, 0.2) is 5.69 Å². The maximum Gasteiger partial charge on any atom is 0.435 e. The van der Waals surface area contributed by atoms with E-state index in [0.29, 0.717) is 11.5 Å². The summed E-state index contributed by atoms with van der Waals surface area (Å²) in [5.41, 5.74) is -0.488. The molecule has 4 rings (SSSR count). The van der Waals surface area contributed by atoms with Crippen LogP contribution in [0.25, 0.3) is 33.7 Å². The summed E-state index contributed by atoms with van der Waals surface area (Å²) in [5.74, 6) is -0.237. The number of alkyl halides is 3. The first kappa shape index (κ1) is 16.2. The number of nitrogens with zero attached hydrogens (tertiary/aromatic N) is 3. The smallest absolute Gasteiger partial charge is 0.435 e. The van der Waals surface area contributed by atoms with Crippen LogP contribution >= 0.6 is 0 Å². The van der Waals surface area contributed by atoms with Crippen LogP contribution in [0.15, 0.2) is 59.3 Å². The van der Waals surface area contributed by atoms with Gasteiger partial charge in [-0.1, -0.05) is 0 Å². The Morgan fingerprint density at radius 1 is 0.846 bits per heavy atom. The van der Waals surface area contributed by atoms with Crippen molar-refractivity contribution in [3.63, 3.8) is 0 Å². The molecule has 0 aliphatic carbocycles. The molecule has 0 saturated carbocycles. The molecule has 0 bridgehead atoms. The first-order valence-electron chi connectivity index (χ1n) is 7.46. The third kappa shape index (κ3) is 2.90. The minimum atomic E-state index is -4.70. The van der Waals surface area contributed by atoms with E-state index < -0.39 is 17.7 Å². The molecule has 0 fully saturated rings. The van der Waals surface area contributed by atoms with Gasteiger partial charge in [-0.25, -0.2) is 19.3 Å². The fourth-order valence-electron chi connectivity index (χ4n) is 2.56. The van der Waals surface area contributed by atoms with Crippen molar-refractivity contribution in [1.29, 1.82) is 0 Å². The number of aromatic nitrogens is 3. The van der Waals surface area contributed by atoms with Gasteiger partial charge in [0.25, 0.3) is 0 Å². The third-order valence-corrected chi connectivity index (χ3v) is 3.73. The van der Waals surface area contributed by atoms with Gasteiger partial charge in [0.1, 0.15) is 17.8 Å². The van der Waals surface area contributed by atoms with Gasteiger partial charge < -0.3 is 4.42 Å². The van der Waals surface area contributed by atoms with E-state index in [1.54, 1.807) is 12.1 Å². The van der Waals surface area contributed by atoms with Crippen molar-refractivity contribution < 1.29 is 22.0 Å². The summed E-state index contributed by atoms with van der Waals surface area (Å²) in [7, 11) is 0. The highest BCUT2D eigenvalue weighted by Gasteiger charge is 2.37. The number of hydrogen-bond donors (Lipinski definition) is 0. The fourth-order valence-corrected chi connectivity index (χ4v) is 2.56. The lowest BCUT2D eigenvalue weighted by atomic mass is 10.1. The Hall–Kier alpha value is -3.29. The van der Waals surface area contributed by atoms with Gasteiger partial charge in [-0.3, -0.25) is 0 Å². The predicted molar refractivity (Wildman–Crippen MR) is 85.4 cm³/mol. The maximum atomic E-state index is 13.4. The average Bonchev–Trinajstić information content (AvgIpc) is 3.15. The lowest BCUT2D eigenvalue weighted by molar-refractivity contribution is -0.140. The van der Waals surface area contributed by atoms with Crippen LogP contribution in [0.4, 0.5) is 17.6 Å². The number of fused-ring (bicyclic) bond motifs is 1. The van der Waals surface area contributed by atoms with Gasteiger partial charge in [0.05, 0.1) is 17.2 Å². The molecule has 0 unspecified atom stereocenters. The molecule has 4 aromatic rings. The summed E-state index contributed by atoms with van der Waals surface area (Å²) in [6.45, 7) is 0. The molecule has 8 heteroatoms. The van der Waals surface area contributed by atoms with Crippen molar-refractivity contribution in [1.82, 2.24) is 15.0 Å². The van der Waals surface area contributed by atoms with Crippen LogP contribution in [0.5, 0.6) is 0 Å². The summed E-state index contributed by atoms with van der Waals surface area (Å²) in [6, 6.07) is 9.14. The van der Waals surface area contributed by atoms with E-state index in [0.717, 1.165) is 12.1 Å². The van der Waals surface area contributed by atoms with Gasteiger partial charge in [-0.05, 0) is 42.5 Å². The monoisotopic (exact) mass is 359 g/mol. The molecule has 130 valence electrons. The van der Waals surface area contributed by atoms with Crippen LogP contribution in [-0.4, -0.2) is 15.0 Å². The fraction of sp³-hybridized carbons (Fsp3) is 0.0556. The summed E-state index contributed by atoms with van der Waals surface area (Å²) < 4.78 is 58.6. The molecule has 0 atom stereocenters. The first-order chi connectivity index (χ1) is 12.4. The molecule has 0 N–H and O–H groups in total. The van der Waals surface area contributed by atoms with Crippen LogP contribution < -0.4 is 0 Å². The Balaban J connectivity index is 1.95. The lowest BCUT2D eigenvalue weighted by Gasteiger charge is -2.13. The molecular formula is C18H9F4N3O. The highest BCUT2D eigenvalue weighted by Crippen LogP contribution is 2.36. The molecular weight excluding hydrogens is 350 g/mol. The molecule has 2 aromatic carbocycles. The average molecular weight is 359 g/mol. The highest BCUT2D eigenvalue weighted by atomic mass is 19.4. The molecule has 2 heterocycles. The lowest BCUT2D eigenvalue weighted by Crippen LogP contribution is -2.12. The van der Waals surface area contributed by atoms with Crippen molar-refractivity contribution >= 4 is 11.0 Å². The normalized spacial score (nSPS) is 11.8. The molecule has 0 amide bonds. The number of rotatable bonds is 2. The van der Waals surface area contributed by atoms with Crippen molar-refractivity contribution in [2.24, 2.45) is 0 Å². The Morgan fingerprint density at radius 3 is 2.23 bits per heavy atom. The van der Waals surface area contributed by atoms with Gasteiger partial charge in [-0.2, -0.15) is 13.2 Å². The van der Waals surface area contributed by atoms with Gasteiger partial charge in [0, 0.05) is 11.1 Å². The second-order valence-corrected chi connectivity index (χ2v) is 5.47. The van der Waals surface area contributed by atoms with Crippen LogP contribution in [0.1, 0.15) is 5.69 Å². The summed E-state index contributed by atoms with van der Waals surface area (Å²) >= 11 is 0. The molecule has 0 spiro atoms. The molecule has 0 saturated heterocycles. The second kappa shape index (κ2) is 5.91. The standard InChI is InChI=1S/C18H9F4N3O/c19-12-4-1-10(2-5-12)15-16(18(20,21)22)25-13-6-3-11(9-14(13)24-15)17-23-7-8-26-17/h1-9H. The highest BCUT2D eigenvalue weighted by molar-refractivity contribution is 5.82. The van der Waals surface area contributed by atoms with E-state index in [1.165, 1.54) is 30.7 Å². The van der Waals surface area contributed by atoms with Gasteiger partial charge in [-0.15, -0.1) is 0 Å². The van der Waals surface area contributed by atoms with Crippen LogP contribution in [0.2, 0.25) is 0 Å². The zero-order valence-electron chi connectivity index (χ0n) is 13.0. The zero-order chi connectivity index (χ0) is 18.3. The second-order valence-electron chi connectivity index (χ2n) is 5.47. The third-order valence-electron chi connectivity index (χ3n) is 3.73. The summed E-state index contributed by atoms with van der Waals surface area (Å²) in [5, 5.41) is 0. The molecule has 4 nitrogen and oxygen atoms in total. The number of hydrogen-bond acceptors (Lipinski definition) is 4. The number of halogens is 4. The Bertz CT molecular complexity index is 1070. The minimum absolute atomic E-state index is 0.0819. The van der Waals surface area contributed by atoms with E-state index in [1.807, 2.05) is 0 Å². The summed E-state index contributed by atoms with van der Waals surface area (Å²) in [6.07, 6.45) is -1.85. The van der Waals surface area contributed by atoms with Crippen molar-refractivity contribution in [3.8, 4) is 22.7 Å². The molecule has 26 heavy (non-hydrogen) atoms. The Kier molecular flexibility index (Phi) is 3.68.